The van der Waals surface area contributed by atoms with Gasteiger partial charge in [0.25, 0.3) is 0 Å². The Balaban J connectivity index is 0.00000256. The molecule has 0 aliphatic heterocycles. The lowest BCUT2D eigenvalue weighted by Gasteiger charge is -2.24. The van der Waals surface area contributed by atoms with Gasteiger partial charge < -0.3 is 10.6 Å². The van der Waals surface area contributed by atoms with E-state index in [9.17, 15) is 4.79 Å². The Bertz CT molecular complexity index is 222. The molecule has 0 aromatic heterocycles. The van der Waals surface area contributed by atoms with Crippen LogP contribution in [0, 0.1) is 11.3 Å². The van der Waals surface area contributed by atoms with Crippen molar-refractivity contribution in [3.63, 3.8) is 0 Å². The highest BCUT2D eigenvalue weighted by Crippen LogP contribution is 2.25. The molecule has 1 aliphatic carbocycles. The minimum atomic E-state index is 0. The highest BCUT2D eigenvalue weighted by Gasteiger charge is 2.24. The topological polar surface area (TPSA) is 41.1 Å². The average Bonchev–Trinajstić information content (AvgIpc) is 2.06. The summed E-state index contributed by atoms with van der Waals surface area (Å²) >= 11 is 0. The van der Waals surface area contributed by atoms with E-state index >= 15 is 0 Å². The van der Waals surface area contributed by atoms with Crippen molar-refractivity contribution in [2.24, 2.45) is 11.3 Å². The number of rotatable bonds is 6. The molecule has 1 fully saturated rings. The largest absolute Gasteiger partial charge is 0.356 e. The molecule has 4 heteroatoms. The molecule has 0 aromatic carbocycles. The first-order chi connectivity index (χ1) is 7.49. The molecule has 0 aromatic rings. The Hall–Kier alpha value is -0.280. The van der Waals surface area contributed by atoms with Gasteiger partial charge >= 0.3 is 0 Å². The summed E-state index contributed by atoms with van der Waals surface area (Å²) in [5, 5.41) is 6.41. The molecule has 0 spiro atoms. The highest BCUT2D eigenvalue weighted by atomic mass is 35.5. The third kappa shape index (κ3) is 7.61. The summed E-state index contributed by atoms with van der Waals surface area (Å²) < 4.78 is 0. The summed E-state index contributed by atoms with van der Waals surface area (Å²) in [6.45, 7) is 9.49. The van der Waals surface area contributed by atoms with Crippen LogP contribution in [-0.4, -0.2) is 25.5 Å². The van der Waals surface area contributed by atoms with E-state index in [2.05, 4.69) is 31.4 Å². The molecule has 0 heterocycles. The predicted octanol–water partition coefficient (Wildman–Crippen LogP) is 2.35. The highest BCUT2D eigenvalue weighted by molar-refractivity contribution is 5.85. The van der Waals surface area contributed by atoms with Crippen LogP contribution in [0.2, 0.25) is 0 Å². The lowest BCUT2D eigenvalue weighted by Crippen LogP contribution is -2.36. The van der Waals surface area contributed by atoms with E-state index in [1.165, 1.54) is 6.42 Å². The molecule has 1 saturated carbocycles. The lowest BCUT2D eigenvalue weighted by molar-refractivity contribution is -0.127. The second kappa shape index (κ2) is 7.93. The first kappa shape index (κ1) is 16.7. The van der Waals surface area contributed by atoms with Crippen molar-refractivity contribution in [3.05, 3.63) is 0 Å². The fourth-order valence-electron chi connectivity index (χ4n) is 1.70. The second-order valence-electron chi connectivity index (χ2n) is 6.01. The van der Waals surface area contributed by atoms with Gasteiger partial charge in [0.2, 0.25) is 5.91 Å². The molecule has 0 bridgehead atoms. The van der Waals surface area contributed by atoms with E-state index in [0.717, 1.165) is 38.9 Å². The van der Waals surface area contributed by atoms with Gasteiger partial charge in [0.1, 0.15) is 0 Å². The summed E-state index contributed by atoms with van der Waals surface area (Å²) in [5.74, 6) is 0.588. The van der Waals surface area contributed by atoms with Crippen molar-refractivity contribution in [3.8, 4) is 0 Å². The van der Waals surface area contributed by atoms with Gasteiger partial charge in [-0.2, -0.15) is 0 Å². The maximum atomic E-state index is 11.5. The van der Waals surface area contributed by atoms with Gasteiger partial charge in [0.05, 0.1) is 0 Å². The van der Waals surface area contributed by atoms with Gasteiger partial charge in [0, 0.05) is 12.5 Å². The van der Waals surface area contributed by atoms with Crippen molar-refractivity contribution < 1.29 is 4.79 Å². The zero-order valence-electron chi connectivity index (χ0n) is 11.3. The van der Waals surface area contributed by atoms with Crippen LogP contribution in [0.5, 0.6) is 0 Å². The van der Waals surface area contributed by atoms with Gasteiger partial charge in [-0.25, -0.2) is 0 Å². The zero-order valence-corrected chi connectivity index (χ0v) is 12.2. The second-order valence-corrected chi connectivity index (χ2v) is 6.01. The maximum absolute atomic E-state index is 11.5. The summed E-state index contributed by atoms with van der Waals surface area (Å²) in [5.41, 5.74) is 0.342. The van der Waals surface area contributed by atoms with E-state index in [1.807, 2.05) is 0 Å². The molecule has 1 aliphatic rings. The third-order valence-corrected chi connectivity index (χ3v) is 2.96. The lowest BCUT2D eigenvalue weighted by atomic mass is 9.85. The van der Waals surface area contributed by atoms with Gasteiger partial charge in [-0.15, -0.1) is 12.4 Å². The fourth-order valence-corrected chi connectivity index (χ4v) is 1.70. The summed E-state index contributed by atoms with van der Waals surface area (Å²) in [4.78, 5) is 11.5. The molecule has 0 unspecified atom stereocenters. The van der Waals surface area contributed by atoms with Crippen molar-refractivity contribution in [1.82, 2.24) is 10.6 Å². The van der Waals surface area contributed by atoms with Crippen LogP contribution >= 0.6 is 12.4 Å². The van der Waals surface area contributed by atoms with E-state index in [-0.39, 0.29) is 18.3 Å². The Labute approximate surface area is 112 Å². The Morgan fingerprint density at radius 1 is 1.24 bits per heavy atom. The first-order valence-electron chi connectivity index (χ1n) is 6.47. The summed E-state index contributed by atoms with van der Waals surface area (Å²) in [6.07, 6.45) is 4.43. The minimum Gasteiger partial charge on any atom is -0.356 e. The Morgan fingerprint density at radius 3 is 2.35 bits per heavy atom. The van der Waals surface area contributed by atoms with E-state index in [4.69, 9.17) is 0 Å². The maximum Gasteiger partial charge on any atom is 0.223 e. The summed E-state index contributed by atoms with van der Waals surface area (Å²) in [6, 6.07) is 0. The van der Waals surface area contributed by atoms with Crippen LogP contribution in [0.25, 0.3) is 0 Å². The number of hydrogen-bond acceptors (Lipinski definition) is 2. The van der Waals surface area contributed by atoms with E-state index in [1.54, 1.807) is 0 Å². The molecule has 3 nitrogen and oxygen atoms in total. The van der Waals surface area contributed by atoms with Crippen molar-refractivity contribution in [2.75, 3.05) is 19.6 Å². The van der Waals surface area contributed by atoms with Crippen LogP contribution in [0.3, 0.4) is 0 Å². The number of amides is 1. The van der Waals surface area contributed by atoms with Crippen molar-refractivity contribution >= 4 is 18.3 Å². The van der Waals surface area contributed by atoms with E-state index < -0.39 is 0 Å². The molecule has 2 N–H and O–H groups in total. The standard InChI is InChI=1S/C13H26N2O.ClH/c1-13(2,3)10-14-8-5-9-15-12(16)11-6-4-7-11;/h11,14H,4-10H2,1-3H3,(H,15,16);1H. The average molecular weight is 263 g/mol. The number of carbonyl (C=O) groups excluding carboxylic acids is 1. The van der Waals surface area contributed by atoms with Gasteiger partial charge in [0.15, 0.2) is 0 Å². The van der Waals surface area contributed by atoms with Crippen molar-refractivity contribution in [2.45, 2.75) is 46.5 Å². The van der Waals surface area contributed by atoms with Crippen LogP contribution < -0.4 is 10.6 Å². The quantitative estimate of drug-likeness (QED) is 0.722. The Morgan fingerprint density at radius 2 is 1.88 bits per heavy atom. The number of nitrogens with one attached hydrogen (secondary N) is 2. The smallest absolute Gasteiger partial charge is 0.223 e. The SMILES string of the molecule is CC(C)(C)CNCCCNC(=O)C1CCC1.Cl. The molecule has 17 heavy (non-hydrogen) atoms. The van der Waals surface area contributed by atoms with Gasteiger partial charge in [-0.05, 0) is 37.8 Å². The Kier molecular flexibility index (Phi) is 7.80. The predicted molar refractivity (Wildman–Crippen MR) is 74.5 cm³/mol. The molecular weight excluding hydrogens is 236 g/mol. The minimum absolute atomic E-state index is 0. The van der Waals surface area contributed by atoms with Crippen molar-refractivity contribution in [1.29, 1.82) is 0 Å². The number of hydrogen-bond donors (Lipinski definition) is 2. The fraction of sp³-hybridized carbons (Fsp3) is 0.923. The number of halogens is 1. The van der Waals surface area contributed by atoms with Crippen LogP contribution in [0.4, 0.5) is 0 Å². The van der Waals surface area contributed by atoms with Crippen LogP contribution in [0.15, 0.2) is 0 Å². The first-order valence-corrected chi connectivity index (χ1v) is 6.47. The molecule has 102 valence electrons. The van der Waals surface area contributed by atoms with Crippen LogP contribution in [-0.2, 0) is 4.79 Å². The molecule has 0 radical (unpaired) electrons. The number of carbonyl (C=O) groups is 1. The molecule has 0 atom stereocenters. The summed E-state index contributed by atoms with van der Waals surface area (Å²) in [7, 11) is 0. The normalized spacial score (nSPS) is 15.9. The monoisotopic (exact) mass is 262 g/mol. The van der Waals surface area contributed by atoms with Gasteiger partial charge in [-0.3, -0.25) is 4.79 Å². The molecule has 0 saturated heterocycles. The molecule has 1 rings (SSSR count). The van der Waals surface area contributed by atoms with Crippen LogP contribution in [0.1, 0.15) is 46.5 Å². The van der Waals surface area contributed by atoms with Gasteiger partial charge in [-0.1, -0.05) is 27.2 Å². The van der Waals surface area contributed by atoms with E-state index in [0.29, 0.717) is 11.3 Å². The molecular formula is C13H27ClN2O. The zero-order chi connectivity index (χ0) is 12.0. The molecule has 1 amide bonds. The third-order valence-electron chi connectivity index (χ3n) is 2.96.